The van der Waals surface area contributed by atoms with Crippen LogP contribution in [0.3, 0.4) is 0 Å². The zero-order chi connectivity index (χ0) is 18.0. The van der Waals surface area contributed by atoms with E-state index in [0.29, 0.717) is 6.54 Å². The number of urea groups is 1. The predicted octanol–water partition coefficient (Wildman–Crippen LogP) is 4.99. The number of nitrogens with zero attached hydrogens (tertiary/aromatic N) is 2. The Hall–Kier alpha value is -2.01. The highest BCUT2D eigenvalue weighted by atomic mass is 79.9. The molecule has 1 unspecified atom stereocenters. The van der Waals surface area contributed by atoms with Crippen LogP contribution >= 0.6 is 15.9 Å². The first-order chi connectivity index (χ1) is 12.0. The normalized spacial score (nSPS) is 17.3. The monoisotopic (exact) mass is 402 g/mol. The molecule has 1 fully saturated rings. The van der Waals surface area contributed by atoms with Crippen molar-refractivity contribution in [3.05, 3.63) is 58.1 Å². The van der Waals surface area contributed by atoms with Crippen molar-refractivity contribution in [2.45, 2.75) is 32.9 Å². The van der Waals surface area contributed by atoms with E-state index in [0.717, 1.165) is 40.0 Å². The number of carbonyl (C=O) groups excluding carboxylic acids is 1. The van der Waals surface area contributed by atoms with E-state index in [1.54, 1.807) is 7.11 Å². The molecule has 1 atom stereocenters. The number of anilines is 1. The molecule has 0 radical (unpaired) electrons. The molecule has 1 heterocycles. The van der Waals surface area contributed by atoms with Crippen molar-refractivity contribution in [2.24, 2.45) is 0 Å². The quantitative estimate of drug-likeness (QED) is 0.705. The molecule has 0 aliphatic carbocycles. The second-order valence-electron chi connectivity index (χ2n) is 6.32. The molecular weight excluding hydrogens is 380 g/mol. The Balaban J connectivity index is 1.84. The largest absolute Gasteiger partial charge is 0.497 e. The first kappa shape index (κ1) is 17.8. The molecule has 0 aromatic heterocycles. The smallest absolute Gasteiger partial charge is 0.325 e. The van der Waals surface area contributed by atoms with Gasteiger partial charge in [-0.3, -0.25) is 4.90 Å². The van der Waals surface area contributed by atoms with Crippen molar-refractivity contribution in [1.82, 2.24) is 4.90 Å². The third-order valence-electron chi connectivity index (χ3n) is 4.82. The van der Waals surface area contributed by atoms with E-state index in [1.807, 2.05) is 59.2 Å². The summed E-state index contributed by atoms with van der Waals surface area (Å²) in [5, 5.41) is 0. The van der Waals surface area contributed by atoms with E-state index in [4.69, 9.17) is 4.74 Å². The van der Waals surface area contributed by atoms with Gasteiger partial charge in [0, 0.05) is 23.2 Å². The molecule has 1 saturated heterocycles. The molecule has 0 bridgehead atoms. The van der Waals surface area contributed by atoms with Crippen molar-refractivity contribution >= 4 is 27.6 Å². The fourth-order valence-electron chi connectivity index (χ4n) is 3.26. The Morgan fingerprint density at radius 3 is 2.56 bits per heavy atom. The van der Waals surface area contributed by atoms with Gasteiger partial charge in [0.25, 0.3) is 0 Å². The van der Waals surface area contributed by atoms with E-state index < -0.39 is 0 Å². The minimum Gasteiger partial charge on any atom is -0.497 e. The number of carbonyl (C=O) groups is 1. The van der Waals surface area contributed by atoms with E-state index in [2.05, 4.69) is 22.9 Å². The minimum absolute atomic E-state index is 0.0730. The molecule has 0 spiro atoms. The van der Waals surface area contributed by atoms with Crippen molar-refractivity contribution < 1.29 is 9.53 Å². The van der Waals surface area contributed by atoms with Crippen LogP contribution < -0.4 is 9.64 Å². The third-order valence-corrected chi connectivity index (χ3v) is 5.68. The lowest BCUT2D eigenvalue weighted by atomic mass is 10.1. The zero-order valence-electron chi connectivity index (χ0n) is 14.8. The number of ether oxygens (including phenoxy) is 1. The minimum atomic E-state index is 0.0730. The average molecular weight is 403 g/mol. The van der Waals surface area contributed by atoms with Gasteiger partial charge in [0.2, 0.25) is 0 Å². The maximum absolute atomic E-state index is 13.1. The van der Waals surface area contributed by atoms with E-state index in [1.165, 1.54) is 0 Å². The average Bonchev–Trinajstić information content (AvgIpc) is 2.94. The highest BCUT2D eigenvalue weighted by molar-refractivity contribution is 9.10. The first-order valence-corrected chi connectivity index (χ1v) is 9.30. The molecule has 3 rings (SSSR count). The van der Waals surface area contributed by atoms with Gasteiger partial charge in [-0.05, 0) is 48.7 Å². The summed E-state index contributed by atoms with van der Waals surface area (Å²) in [4.78, 5) is 17.0. The van der Waals surface area contributed by atoms with Gasteiger partial charge in [0.05, 0.1) is 13.2 Å². The van der Waals surface area contributed by atoms with Crippen LogP contribution in [0.25, 0.3) is 0 Å². The van der Waals surface area contributed by atoms with E-state index in [-0.39, 0.29) is 12.1 Å². The van der Waals surface area contributed by atoms with Crippen LogP contribution in [0.1, 0.15) is 24.5 Å². The topological polar surface area (TPSA) is 32.8 Å². The van der Waals surface area contributed by atoms with E-state index >= 15 is 0 Å². The molecule has 1 aliphatic rings. The molecule has 132 valence electrons. The molecule has 4 nitrogen and oxygen atoms in total. The highest BCUT2D eigenvalue weighted by Crippen LogP contribution is 2.32. The SMILES string of the molecule is CCC1CN(c2cccc(Br)c2C)C(=O)N1Cc1ccc(OC)cc1. The number of amides is 2. The van der Waals surface area contributed by atoms with Gasteiger partial charge in [-0.25, -0.2) is 4.79 Å². The molecule has 2 aromatic carbocycles. The van der Waals surface area contributed by atoms with Gasteiger partial charge in [-0.15, -0.1) is 0 Å². The number of hydrogen-bond donors (Lipinski definition) is 0. The van der Waals surface area contributed by atoms with Crippen LogP contribution in [0.4, 0.5) is 10.5 Å². The van der Waals surface area contributed by atoms with Gasteiger partial charge in [0.1, 0.15) is 5.75 Å². The molecule has 0 saturated carbocycles. The fraction of sp³-hybridized carbons (Fsp3) is 0.350. The van der Waals surface area contributed by atoms with Crippen LogP contribution in [0.2, 0.25) is 0 Å². The number of halogens is 1. The van der Waals surface area contributed by atoms with Crippen molar-refractivity contribution in [1.29, 1.82) is 0 Å². The molecule has 1 aliphatic heterocycles. The maximum Gasteiger partial charge on any atom is 0.325 e. The summed E-state index contributed by atoms with van der Waals surface area (Å²) in [6, 6.07) is 14.2. The third kappa shape index (κ3) is 3.52. The summed E-state index contributed by atoms with van der Waals surface area (Å²) < 4.78 is 6.24. The van der Waals surface area contributed by atoms with Crippen molar-refractivity contribution in [2.75, 3.05) is 18.6 Å². The van der Waals surface area contributed by atoms with Crippen LogP contribution in [-0.4, -0.2) is 30.6 Å². The summed E-state index contributed by atoms with van der Waals surface area (Å²) in [6.45, 7) is 5.52. The Kier molecular flexibility index (Phi) is 5.33. The van der Waals surface area contributed by atoms with Crippen LogP contribution in [0.15, 0.2) is 46.9 Å². The molecule has 2 aromatic rings. The zero-order valence-corrected chi connectivity index (χ0v) is 16.4. The fourth-order valence-corrected chi connectivity index (χ4v) is 3.62. The lowest BCUT2D eigenvalue weighted by Crippen LogP contribution is -2.34. The predicted molar refractivity (Wildman–Crippen MR) is 104 cm³/mol. The number of hydrogen-bond acceptors (Lipinski definition) is 2. The van der Waals surface area contributed by atoms with Crippen molar-refractivity contribution in [3.63, 3.8) is 0 Å². The van der Waals surface area contributed by atoms with Crippen LogP contribution in [-0.2, 0) is 6.54 Å². The lowest BCUT2D eigenvalue weighted by Gasteiger charge is -2.23. The second-order valence-corrected chi connectivity index (χ2v) is 7.17. The maximum atomic E-state index is 13.1. The standard InChI is InChI=1S/C20H23BrN2O2/c1-4-16-13-23(19-7-5-6-18(21)14(19)2)20(24)22(16)12-15-8-10-17(25-3)11-9-15/h5-11,16H,4,12-13H2,1-3H3. The molecule has 5 heteroatoms. The van der Waals surface area contributed by atoms with Crippen molar-refractivity contribution in [3.8, 4) is 5.75 Å². The Morgan fingerprint density at radius 1 is 1.20 bits per heavy atom. The van der Waals surface area contributed by atoms with Gasteiger partial charge in [-0.1, -0.05) is 41.1 Å². The van der Waals surface area contributed by atoms with Crippen LogP contribution in [0, 0.1) is 6.92 Å². The summed E-state index contributed by atoms with van der Waals surface area (Å²) in [7, 11) is 1.66. The summed E-state index contributed by atoms with van der Waals surface area (Å²) >= 11 is 3.56. The second kappa shape index (κ2) is 7.48. The van der Waals surface area contributed by atoms with E-state index in [9.17, 15) is 4.79 Å². The molecule has 25 heavy (non-hydrogen) atoms. The summed E-state index contributed by atoms with van der Waals surface area (Å²) in [5.74, 6) is 0.829. The molecule has 0 N–H and O–H groups in total. The summed E-state index contributed by atoms with van der Waals surface area (Å²) in [5.41, 5.74) is 3.19. The molecular formula is C20H23BrN2O2. The molecule has 2 amide bonds. The van der Waals surface area contributed by atoms with Gasteiger partial charge in [-0.2, -0.15) is 0 Å². The first-order valence-electron chi connectivity index (χ1n) is 8.51. The van der Waals surface area contributed by atoms with Gasteiger partial charge < -0.3 is 9.64 Å². The van der Waals surface area contributed by atoms with Gasteiger partial charge in [0.15, 0.2) is 0 Å². The van der Waals surface area contributed by atoms with Crippen LogP contribution in [0.5, 0.6) is 5.75 Å². The Labute approximate surface area is 157 Å². The highest BCUT2D eigenvalue weighted by Gasteiger charge is 2.37. The Bertz CT molecular complexity index is 761. The summed E-state index contributed by atoms with van der Waals surface area (Å²) in [6.07, 6.45) is 0.936. The lowest BCUT2D eigenvalue weighted by molar-refractivity contribution is 0.201. The number of methoxy groups -OCH3 is 1. The number of benzene rings is 2. The Morgan fingerprint density at radius 2 is 1.92 bits per heavy atom. The number of rotatable bonds is 5. The van der Waals surface area contributed by atoms with Gasteiger partial charge >= 0.3 is 6.03 Å².